The summed E-state index contributed by atoms with van der Waals surface area (Å²) in [6, 6.07) is 8.86. The van der Waals surface area contributed by atoms with E-state index in [1.165, 1.54) is 7.05 Å². The summed E-state index contributed by atoms with van der Waals surface area (Å²) in [6.45, 7) is 8.08. The van der Waals surface area contributed by atoms with E-state index in [0.717, 1.165) is 20.3 Å². The van der Waals surface area contributed by atoms with Crippen molar-refractivity contribution in [2.45, 2.75) is 25.3 Å². The second kappa shape index (κ2) is 8.62. The lowest BCUT2D eigenvalue weighted by Crippen LogP contribution is -2.40. The smallest absolute Gasteiger partial charge is 0.243 e. The lowest BCUT2D eigenvalue weighted by Gasteiger charge is -2.24. The van der Waals surface area contributed by atoms with E-state index in [-0.39, 0.29) is 17.3 Å². The summed E-state index contributed by atoms with van der Waals surface area (Å²) in [5.41, 5.74) is 1.92. The molecular weight excluding hydrogens is 368 g/mol. The van der Waals surface area contributed by atoms with E-state index in [1.807, 2.05) is 31.4 Å². The molecule has 5 nitrogen and oxygen atoms in total. The van der Waals surface area contributed by atoms with Crippen molar-refractivity contribution < 1.29 is 13.2 Å². The van der Waals surface area contributed by atoms with Gasteiger partial charge in [0.15, 0.2) is 0 Å². The number of carbonyl (C=O) groups is 1. The number of sulfonamides is 1. The maximum atomic E-state index is 12.8. The zero-order valence-corrected chi connectivity index (χ0v) is 16.9. The molecule has 0 unspecified atom stereocenters. The second-order valence-corrected chi connectivity index (χ2v) is 9.23. The van der Waals surface area contributed by atoms with Crippen molar-refractivity contribution in [3.8, 4) is 0 Å². The number of carbonyl (C=O) groups excluding carboxylic acids is 1. The first-order chi connectivity index (χ1) is 12.3. The van der Waals surface area contributed by atoms with Crippen LogP contribution in [0.15, 0.2) is 53.3 Å². The standard InChI is InChI=1S/C19H24N2O3S2/c1-5-10-21(13-17-7-6-11-25-17)19(22)14-20(4)26(23,24)18-9-8-15(2)16(3)12-18/h5-9,11-12H,1,10,13-14H2,2-4H3. The van der Waals surface area contributed by atoms with Crippen molar-refractivity contribution in [3.05, 3.63) is 64.4 Å². The van der Waals surface area contributed by atoms with Gasteiger partial charge in [0.05, 0.1) is 18.0 Å². The SMILES string of the molecule is C=CCN(Cc1cccs1)C(=O)CN(C)S(=O)(=O)c1ccc(C)c(C)c1. The molecule has 0 aliphatic rings. The number of benzene rings is 1. The molecule has 0 saturated carbocycles. The molecule has 2 aromatic rings. The number of thiophene rings is 1. The average molecular weight is 393 g/mol. The molecule has 0 fully saturated rings. The largest absolute Gasteiger partial charge is 0.333 e. The predicted octanol–water partition coefficient (Wildman–Crippen LogP) is 3.20. The minimum absolute atomic E-state index is 0.199. The molecule has 26 heavy (non-hydrogen) atoms. The van der Waals surface area contributed by atoms with Crippen LogP contribution in [-0.4, -0.2) is 43.7 Å². The van der Waals surface area contributed by atoms with Gasteiger partial charge in [0.2, 0.25) is 15.9 Å². The Kier molecular flexibility index (Phi) is 6.75. The van der Waals surface area contributed by atoms with E-state index in [9.17, 15) is 13.2 Å². The summed E-state index contributed by atoms with van der Waals surface area (Å²) in [5, 5.41) is 1.95. The van der Waals surface area contributed by atoms with Gasteiger partial charge in [-0.3, -0.25) is 4.79 Å². The second-order valence-electron chi connectivity index (χ2n) is 6.15. The minimum atomic E-state index is -3.72. The van der Waals surface area contributed by atoms with Crippen LogP contribution in [0.1, 0.15) is 16.0 Å². The average Bonchev–Trinajstić information content (AvgIpc) is 3.09. The van der Waals surface area contributed by atoms with E-state index in [0.29, 0.717) is 13.1 Å². The highest BCUT2D eigenvalue weighted by Crippen LogP contribution is 2.19. The molecule has 2 rings (SSSR count). The molecular formula is C19H24N2O3S2. The molecule has 1 amide bonds. The Morgan fingerprint density at radius 2 is 1.96 bits per heavy atom. The lowest BCUT2D eigenvalue weighted by molar-refractivity contribution is -0.131. The van der Waals surface area contributed by atoms with E-state index in [4.69, 9.17) is 0 Å². The fourth-order valence-corrected chi connectivity index (χ4v) is 4.36. The lowest BCUT2D eigenvalue weighted by atomic mass is 10.1. The first kappa shape index (κ1) is 20.4. The van der Waals surface area contributed by atoms with Crippen LogP contribution in [0.25, 0.3) is 0 Å². The van der Waals surface area contributed by atoms with Gasteiger partial charge in [-0.25, -0.2) is 8.42 Å². The summed E-state index contributed by atoms with van der Waals surface area (Å²) in [4.78, 5) is 15.5. The molecule has 1 heterocycles. The van der Waals surface area contributed by atoms with Crippen molar-refractivity contribution in [3.63, 3.8) is 0 Å². The molecule has 1 aromatic heterocycles. The molecule has 0 aliphatic heterocycles. The van der Waals surface area contributed by atoms with Crippen molar-refractivity contribution >= 4 is 27.3 Å². The zero-order chi connectivity index (χ0) is 19.3. The molecule has 0 radical (unpaired) electrons. The van der Waals surface area contributed by atoms with Crippen LogP contribution in [0.4, 0.5) is 0 Å². The van der Waals surface area contributed by atoms with Crippen molar-refractivity contribution in [1.82, 2.24) is 9.21 Å². The fraction of sp³-hybridized carbons (Fsp3) is 0.316. The minimum Gasteiger partial charge on any atom is -0.333 e. The zero-order valence-electron chi connectivity index (χ0n) is 15.3. The van der Waals surface area contributed by atoms with Crippen LogP contribution in [0.3, 0.4) is 0 Å². The van der Waals surface area contributed by atoms with Gasteiger partial charge < -0.3 is 4.90 Å². The molecule has 0 aliphatic carbocycles. The topological polar surface area (TPSA) is 57.7 Å². The normalized spacial score (nSPS) is 11.5. The van der Waals surface area contributed by atoms with Crippen molar-refractivity contribution in [2.75, 3.05) is 20.1 Å². The molecule has 0 spiro atoms. The van der Waals surface area contributed by atoms with Gasteiger partial charge in [0.25, 0.3) is 0 Å². The molecule has 1 aromatic carbocycles. The van der Waals surface area contributed by atoms with Crippen LogP contribution >= 0.6 is 11.3 Å². The Bertz CT molecular complexity index is 874. The third kappa shape index (κ3) is 4.81. The maximum Gasteiger partial charge on any atom is 0.243 e. The molecule has 0 N–H and O–H groups in total. The highest BCUT2D eigenvalue weighted by Gasteiger charge is 2.25. The van der Waals surface area contributed by atoms with Crippen molar-refractivity contribution in [1.29, 1.82) is 0 Å². The number of nitrogens with zero attached hydrogens (tertiary/aromatic N) is 2. The fourth-order valence-electron chi connectivity index (χ4n) is 2.43. The molecule has 7 heteroatoms. The Balaban J connectivity index is 2.14. The summed E-state index contributed by atoms with van der Waals surface area (Å²) < 4.78 is 26.6. The van der Waals surface area contributed by atoms with E-state index < -0.39 is 10.0 Å². The third-order valence-corrected chi connectivity index (χ3v) is 6.83. The van der Waals surface area contributed by atoms with Gasteiger partial charge in [0.1, 0.15) is 0 Å². The van der Waals surface area contributed by atoms with E-state index in [2.05, 4.69) is 6.58 Å². The number of likely N-dealkylation sites (N-methyl/N-ethyl adjacent to an activating group) is 1. The van der Waals surface area contributed by atoms with Gasteiger partial charge in [0, 0.05) is 18.5 Å². The highest BCUT2D eigenvalue weighted by atomic mass is 32.2. The third-order valence-electron chi connectivity index (χ3n) is 4.17. The Morgan fingerprint density at radius 1 is 1.23 bits per heavy atom. The first-order valence-electron chi connectivity index (χ1n) is 8.20. The van der Waals surface area contributed by atoms with Gasteiger partial charge in [-0.15, -0.1) is 17.9 Å². The summed E-state index contributed by atoms with van der Waals surface area (Å²) in [7, 11) is -2.29. The van der Waals surface area contributed by atoms with E-state index >= 15 is 0 Å². The predicted molar refractivity (Wildman–Crippen MR) is 106 cm³/mol. The quantitative estimate of drug-likeness (QED) is 0.648. The molecule has 0 bridgehead atoms. The number of hydrogen-bond acceptors (Lipinski definition) is 4. The van der Waals surface area contributed by atoms with Crippen LogP contribution in [0.2, 0.25) is 0 Å². The van der Waals surface area contributed by atoms with Crippen LogP contribution in [0, 0.1) is 13.8 Å². The number of hydrogen-bond donors (Lipinski definition) is 0. The number of aryl methyl sites for hydroxylation is 2. The summed E-state index contributed by atoms with van der Waals surface area (Å²) in [5.74, 6) is -0.256. The van der Waals surface area contributed by atoms with Crippen LogP contribution in [0.5, 0.6) is 0 Å². The van der Waals surface area contributed by atoms with Crippen molar-refractivity contribution in [2.24, 2.45) is 0 Å². The highest BCUT2D eigenvalue weighted by molar-refractivity contribution is 7.89. The van der Waals surface area contributed by atoms with Crippen LogP contribution < -0.4 is 0 Å². The number of rotatable bonds is 8. The molecule has 0 atom stereocenters. The first-order valence-corrected chi connectivity index (χ1v) is 10.5. The molecule has 140 valence electrons. The Hall–Kier alpha value is -1.96. The summed E-state index contributed by atoms with van der Waals surface area (Å²) in [6.07, 6.45) is 1.64. The van der Waals surface area contributed by atoms with Gasteiger partial charge in [-0.05, 0) is 48.6 Å². The molecule has 0 saturated heterocycles. The van der Waals surface area contributed by atoms with E-state index in [1.54, 1.807) is 40.5 Å². The van der Waals surface area contributed by atoms with Gasteiger partial charge in [-0.1, -0.05) is 18.2 Å². The van der Waals surface area contributed by atoms with Gasteiger partial charge in [-0.2, -0.15) is 4.31 Å². The monoisotopic (exact) mass is 392 g/mol. The maximum absolute atomic E-state index is 12.8. The van der Waals surface area contributed by atoms with Gasteiger partial charge >= 0.3 is 0 Å². The Morgan fingerprint density at radius 3 is 2.54 bits per heavy atom. The summed E-state index contributed by atoms with van der Waals surface area (Å²) >= 11 is 1.56. The Labute approximate surface area is 159 Å². The number of amides is 1. The van der Waals surface area contributed by atoms with Crippen LogP contribution in [-0.2, 0) is 21.4 Å².